The lowest BCUT2D eigenvalue weighted by Gasteiger charge is -2.37. The number of ether oxygens (including phenoxy) is 2. The zero-order valence-corrected chi connectivity index (χ0v) is 21.4. The van der Waals surface area contributed by atoms with Crippen molar-refractivity contribution in [3.8, 4) is 5.75 Å². The van der Waals surface area contributed by atoms with Crippen molar-refractivity contribution >= 4 is 45.9 Å². The van der Waals surface area contributed by atoms with E-state index in [0.717, 1.165) is 0 Å². The Morgan fingerprint density at radius 3 is 2.46 bits per heavy atom. The minimum Gasteiger partial charge on any atom is -0.493 e. The molecule has 1 saturated heterocycles. The molecule has 1 unspecified atom stereocenters. The summed E-state index contributed by atoms with van der Waals surface area (Å²) in [6, 6.07) is 4.92. The van der Waals surface area contributed by atoms with Crippen LogP contribution in [0.3, 0.4) is 0 Å². The van der Waals surface area contributed by atoms with Crippen LogP contribution in [0.4, 0.5) is 0 Å². The number of carbonyl (C=O) groups is 2. The average Bonchev–Trinajstić information content (AvgIpc) is 3.31. The minimum absolute atomic E-state index is 0.00341. The Balaban J connectivity index is 1.59. The Bertz CT molecular complexity index is 1220. The molecule has 1 amide bonds. The average molecular weight is 520 g/mol. The van der Waals surface area contributed by atoms with Gasteiger partial charge in [-0.1, -0.05) is 23.2 Å². The van der Waals surface area contributed by atoms with Crippen LogP contribution in [-0.2, 0) is 11.2 Å². The third kappa shape index (κ3) is 5.30. The van der Waals surface area contributed by atoms with Gasteiger partial charge in [0, 0.05) is 68.1 Å². The molecule has 1 aliphatic heterocycles. The van der Waals surface area contributed by atoms with Crippen LogP contribution in [0.2, 0.25) is 10.0 Å². The quantitative estimate of drug-likeness (QED) is 0.398. The van der Waals surface area contributed by atoms with E-state index in [1.165, 1.54) is 19.5 Å². The molecular weight excluding hydrogens is 493 g/mol. The Hall–Kier alpha value is -2.65. The van der Waals surface area contributed by atoms with Crippen molar-refractivity contribution in [2.45, 2.75) is 26.5 Å². The molecule has 2 aromatic heterocycles. The second-order valence-corrected chi connectivity index (χ2v) is 9.05. The van der Waals surface area contributed by atoms with Crippen molar-refractivity contribution in [1.82, 2.24) is 14.8 Å². The van der Waals surface area contributed by atoms with Gasteiger partial charge in [0.25, 0.3) is 5.91 Å². The van der Waals surface area contributed by atoms with Crippen LogP contribution in [0.1, 0.15) is 40.3 Å². The fraction of sp³-hybridized carbons (Fsp3) is 0.400. The second kappa shape index (κ2) is 11.0. The Morgan fingerprint density at radius 1 is 1.14 bits per heavy atom. The summed E-state index contributed by atoms with van der Waals surface area (Å²) in [5.74, 6) is 0.146. The van der Waals surface area contributed by atoms with Gasteiger partial charge in [-0.2, -0.15) is 0 Å². The highest BCUT2D eigenvalue weighted by Crippen LogP contribution is 2.34. The number of aromatic nitrogens is 1. The molecule has 35 heavy (non-hydrogen) atoms. The van der Waals surface area contributed by atoms with Gasteiger partial charge in [-0.05, 0) is 32.0 Å². The van der Waals surface area contributed by atoms with Crippen LogP contribution in [0.15, 0.2) is 35.0 Å². The fourth-order valence-corrected chi connectivity index (χ4v) is 4.76. The molecule has 1 atom stereocenters. The number of methoxy groups -OCH3 is 1. The van der Waals surface area contributed by atoms with Gasteiger partial charge in [0.2, 0.25) is 0 Å². The molecule has 0 radical (unpaired) electrons. The molecule has 4 rings (SSSR count). The standard InChI is InChI=1S/C25H27Cl2N3O5/c1-4-34-15(2)29-7-9-30(10-8-29)25(32)23-12-17-16(5-6-22(33-3)24(17)35-23)21(31)11-18-19(26)13-28-14-20(18)27/h5-6,12-15H,4,7-11H2,1-3H3. The Labute approximate surface area is 213 Å². The summed E-state index contributed by atoms with van der Waals surface area (Å²) in [4.78, 5) is 34.4. The van der Waals surface area contributed by atoms with Gasteiger partial charge in [-0.3, -0.25) is 19.5 Å². The number of furan rings is 1. The molecule has 186 valence electrons. The number of amides is 1. The van der Waals surface area contributed by atoms with Crippen LogP contribution < -0.4 is 4.74 Å². The van der Waals surface area contributed by atoms with Gasteiger partial charge < -0.3 is 18.8 Å². The molecule has 1 aromatic carbocycles. The van der Waals surface area contributed by atoms with E-state index in [1.807, 2.05) is 13.8 Å². The molecule has 0 aliphatic carbocycles. The molecule has 3 aromatic rings. The van der Waals surface area contributed by atoms with E-state index in [4.69, 9.17) is 37.1 Å². The van der Waals surface area contributed by atoms with Crippen LogP contribution in [0.25, 0.3) is 11.0 Å². The van der Waals surface area contributed by atoms with E-state index in [-0.39, 0.29) is 30.1 Å². The smallest absolute Gasteiger partial charge is 0.289 e. The summed E-state index contributed by atoms with van der Waals surface area (Å²) >= 11 is 12.4. The second-order valence-electron chi connectivity index (χ2n) is 8.23. The van der Waals surface area contributed by atoms with Gasteiger partial charge in [0.15, 0.2) is 22.9 Å². The Morgan fingerprint density at radius 2 is 1.83 bits per heavy atom. The highest BCUT2D eigenvalue weighted by molar-refractivity contribution is 6.36. The number of hydrogen-bond acceptors (Lipinski definition) is 7. The summed E-state index contributed by atoms with van der Waals surface area (Å²) in [5, 5.41) is 1.13. The number of ketones is 1. The van der Waals surface area contributed by atoms with Crippen LogP contribution in [0, 0.1) is 0 Å². The number of fused-ring (bicyclic) bond motifs is 1. The highest BCUT2D eigenvalue weighted by atomic mass is 35.5. The highest BCUT2D eigenvalue weighted by Gasteiger charge is 2.28. The zero-order chi connectivity index (χ0) is 25.1. The van der Waals surface area contributed by atoms with Gasteiger partial charge in [-0.25, -0.2) is 0 Å². The lowest BCUT2D eigenvalue weighted by atomic mass is 10.00. The molecule has 1 aliphatic rings. The minimum atomic E-state index is -0.231. The topological polar surface area (TPSA) is 85.1 Å². The first-order valence-electron chi connectivity index (χ1n) is 11.4. The number of carbonyl (C=O) groups excluding carboxylic acids is 2. The number of nitrogens with zero attached hydrogens (tertiary/aromatic N) is 3. The summed E-state index contributed by atoms with van der Waals surface area (Å²) in [6.07, 6.45) is 2.88. The van der Waals surface area contributed by atoms with Gasteiger partial charge >= 0.3 is 0 Å². The molecule has 0 spiro atoms. The SMILES string of the molecule is CCOC(C)N1CCN(C(=O)c2cc3c(C(=O)Cc4c(Cl)cncc4Cl)ccc(OC)c3o2)CC1. The maximum absolute atomic E-state index is 13.2. The predicted molar refractivity (Wildman–Crippen MR) is 134 cm³/mol. The van der Waals surface area contributed by atoms with Crippen molar-refractivity contribution in [2.24, 2.45) is 0 Å². The molecule has 8 nitrogen and oxygen atoms in total. The molecule has 0 N–H and O–H groups in total. The number of rotatable bonds is 8. The first-order valence-corrected chi connectivity index (χ1v) is 12.2. The number of piperazine rings is 1. The normalized spacial score (nSPS) is 15.4. The molecule has 3 heterocycles. The number of halogens is 2. The summed E-state index contributed by atoms with van der Waals surface area (Å²) in [7, 11) is 1.51. The van der Waals surface area contributed by atoms with Crippen LogP contribution in [-0.4, -0.2) is 72.6 Å². The lowest BCUT2D eigenvalue weighted by molar-refractivity contribution is -0.0577. The van der Waals surface area contributed by atoms with Crippen molar-refractivity contribution in [3.05, 3.63) is 57.5 Å². The maximum atomic E-state index is 13.2. The van der Waals surface area contributed by atoms with E-state index in [9.17, 15) is 9.59 Å². The van der Waals surface area contributed by atoms with Crippen molar-refractivity contribution in [3.63, 3.8) is 0 Å². The van der Waals surface area contributed by atoms with Gasteiger partial charge in [-0.15, -0.1) is 0 Å². The molecule has 1 fully saturated rings. The van der Waals surface area contributed by atoms with E-state index in [0.29, 0.717) is 70.7 Å². The summed E-state index contributed by atoms with van der Waals surface area (Å²) in [6.45, 7) is 7.12. The third-order valence-corrected chi connectivity index (χ3v) is 6.84. The van der Waals surface area contributed by atoms with Gasteiger partial charge in [0.05, 0.1) is 17.2 Å². The monoisotopic (exact) mass is 519 g/mol. The number of benzene rings is 1. The lowest BCUT2D eigenvalue weighted by Crippen LogP contribution is -2.51. The first kappa shape index (κ1) is 25.4. The van der Waals surface area contributed by atoms with Crippen molar-refractivity contribution < 1.29 is 23.5 Å². The van der Waals surface area contributed by atoms with E-state index < -0.39 is 0 Å². The van der Waals surface area contributed by atoms with Crippen LogP contribution in [0.5, 0.6) is 5.75 Å². The molecular formula is C25H27Cl2N3O5. The third-order valence-electron chi connectivity index (χ3n) is 6.19. The molecule has 10 heteroatoms. The number of Topliss-reactive ketones (excluding diaryl/α,β-unsaturated/α-hetero) is 1. The number of hydrogen-bond donors (Lipinski definition) is 0. The van der Waals surface area contributed by atoms with Crippen LogP contribution >= 0.6 is 23.2 Å². The molecule has 0 bridgehead atoms. The van der Waals surface area contributed by atoms with E-state index in [1.54, 1.807) is 23.1 Å². The van der Waals surface area contributed by atoms with E-state index >= 15 is 0 Å². The fourth-order valence-electron chi connectivity index (χ4n) is 4.26. The van der Waals surface area contributed by atoms with E-state index in [2.05, 4.69) is 9.88 Å². The maximum Gasteiger partial charge on any atom is 0.289 e. The first-order chi connectivity index (χ1) is 16.8. The predicted octanol–water partition coefficient (Wildman–Crippen LogP) is 4.71. The van der Waals surface area contributed by atoms with Crippen molar-refractivity contribution in [1.29, 1.82) is 0 Å². The summed E-state index contributed by atoms with van der Waals surface area (Å²) in [5.41, 5.74) is 1.23. The largest absolute Gasteiger partial charge is 0.493 e. The molecule has 0 saturated carbocycles. The zero-order valence-electron chi connectivity index (χ0n) is 19.8. The Kier molecular flexibility index (Phi) is 7.96. The van der Waals surface area contributed by atoms with Crippen molar-refractivity contribution in [2.75, 3.05) is 39.9 Å². The number of pyridine rings is 1. The summed E-state index contributed by atoms with van der Waals surface area (Å²) < 4.78 is 17.0. The van der Waals surface area contributed by atoms with Gasteiger partial charge in [0.1, 0.15) is 6.23 Å².